The number of ether oxygens (including phenoxy) is 2. The van der Waals surface area contributed by atoms with Crippen molar-refractivity contribution in [3.8, 4) is 17.2 Å². The zero-order chi connectivity index (χ0) is 13.8. The Hall–Kier alpha value is -1.97. The lowest BCUT2D eigenvalue weighted by Gasteiger charge is -2.21. The molecular weight excluding hydrogens is 252 g/mol. The Morgan fingerprint density at radius 2 is 1.85 bits per heavy atom. The largest absolute Gasteiger partial charge is 0.493 e. The SMILES string of the molecule is COc1ccccc1Oc1cnn(C2CCCCC2)c1. The van der Waals surface area contributed by atoms with Crippen LogP contribution in [0.15, 0.2) is 36.7 Å². The van der Waals surface area contributed by atoms with Crippen LogP contribution in [-0.4, -0.2) is 16.9 Å². The van der Waals surface area contributed by atoms with Crippen LogP contribution < -0.4 is 9.47 Å². The van der Waals surface area contributed by atoms with Crippen LogP contribution >= 0.6 is 0 Å². The standard InChI is InChI=1S/C16H20N2O2/c1-19-15-9-5-6-10-16(15)20-14-11-17-18(12-14)13-7-3-2-4-8-13/h5-6,9-13H,2-4,7-8H2,1H3. The van der Waals surface area contributed by atoms with Crippen molar-refractivity contribution >= 4 is 0 Å². The van der Waals surface area contributed by atoms with Gasteiger partial charge in [-0.2, -0.15) is 5.10 Å². The van der Waals surface area contributed by atoms with Gasteiger partial charge in [0, 0.05) is 0 Å². The summed E-state index contributed by atoms with van der Waals surface area (Å²) in [4.78, 5) is 0. The first-order valence-electron chi connectivity index (χ1n) is 7.22. The van der Waals surface area contributed by atoms with Gasteiger partial charge in [-0.15, -0.1) is 0 Å². The number of rotatable bonds is 4. The maximum absolute atomic E-state index is 5.86. The number of benzene rings is 1. The highest BCUT2D eigenvalue weighted by atomic mass is 16.5. The van der Waals surface area contributed by atoms with Crippen LogP contribution in [0.1, 0.15) is 38.1 Å². The minimum absolute atomic E-state index is 0.527. The molecule has 0 unspecified atom stereocenters. The van der Waals surface area contributed by atoms with Gasteiger partial charge in [-0.1, -0.05) is 31.4 Å². The van der Waals surface area contributed by atoms with Gasteiger partial charge in [0.25, 0.3) is 0 Å². The molecule has 0 amide bonds. The minimum atomic E-state index is 0.527. The molecule has 2 aromatic rings. The van der Waals surface area contributed by atoms with Crippen LogP contribution in [0.3, 0.4) is 0 Å². The van der Waals surface area contributed by atoms with Crippen LogP contribution in [0.25, 0.3) is 0 Å². The van der Waals surface area contributed by atoms with Crippen LogP contribution in [0.4, 0.5) is 0 Å². The smallest absolute Gasteiger partial charge is 0.169 e. The fourth-order valence-electron chi connectivity index (χ4n) is 2.75. The summed E-state index contributed by atoms with van der Waals surface area (Å²) in [6, 6.07) is 8.18. The Balaban J connectivity index is 1.73. The van der Waals surface area contributed by atoms with Crippen molar-refractivity contribution in [3.05, 3.63) is 36.7 Å². The van der Waals surface area contributed by atoms with Crippen LogP contribution in [-0.2, 0) is 0 Å². The summed E-state index contributed by atoms with van der Waals surface area (Å²) < 4.78 is 13.2. The molecule has 0 saturated heterocycles. The molecule has 1 aliphatic carbocycles. The van der Waals surface area contributed by atoms with Gasteiger partial charge in [0.05, 0.1) is 25.5 Å². The number of para-hydroxylation sites is 2. The Labute approximate surface area is 119 Å². The van der Waals surface area contributed by atoms with Gasteiger partial charge in [0.15, 0.2) is 17.2 Å². The number of nitrogens with zero attached hydrogens (tertiary/aromatic N) is 2. The van der Waals surface area contributed by atoms with E-state index in [0.717, 1.165) is 17.2 Å². The van der Waals surface area contributed by atoms with Crippen molar-refractivity contribution in [3.63, 3.8) is 0 Å². The fraction of sp³-hybridized carbons (Fsp3) is 0.438. The Morgan fingerprint density at radius 1 is 1.10 bits per heavy atom. The third-order valence-electron chi connectivity index (χ3n) is 3.82. The summed E-state index contributed by atoms with van der Waals surface area (Å²) in [5.41, 5.74) is 0. The van der Waals surface area contributed by atoms with Gasteiger partial charge in [-0.25, -0.2) is 0 Å². The van der Waals surface area contributed by atoms with E-state index in [1.807, 2.05) is 35.1 Å². The summed E-state index contributed by atoms with van der Waals surface area (Å²) in [6.07, 6.45) is 10.2. The van der Waals surface area contributed by atoms with Gasteiger partial charge < -0.3 is 9.47 Å². The van der Waals surface area contributed by atoms with E-state index >= 15 is 0 Å². The molecule has 0 N–H and O–H groups in total. The monoisotopic (exact) mass is 272 g/mol. The molecule has 0 bridgehead atoms. The topological polar surface area (TPSA) is 36.3 Å². The molecule has 0 atom stereocenters. The zero-order valence-electron chi connectivity index (χ0n) is 11.8. The Bertz CT molecular complexity index is 559. The molecule has 1 aliphatic rings. The second kappa shape index (κ2) is 5.99. The van der Waals surface area contributed by atoms with Crippen molar-refractivity contribution in [2.24, 2.45) is 0 Å². The third-order valence-corrected chi connectivity index (χ3v) is 3.82. The fourth-order valence-corrected chi connectivity index (χ4v) is 2.75. The summed E-state index contributed by atoms with van der Waals surface area (Å²) >= 11 is 0. The van der Waals surface area contributed by atoms with E-state index in [9.17, 15) is 0 Å². The Kier molecular flexibility index (Phi) is 3.90. The Morgan fingerprint density at radius 3 is 2.60 bits per heavy atom. The predicted molar refractivity (Wildman–Crippen MR) is 77.4 cm³/mol. The number of hydrogen-bond acceptors (Lipinski definition) is 3. The van der Waals surface area contributed by atoms with Gasteiger partial charge >= 0.3 is 0 Å². The minimum Gasteiger partial charge on any atom is -0.493 e. The van der Waals surface area contributed by atoms with Crippen LogP contribution in [0.5, 0.6) is 17.2 Å². The van der Waals surface area contributed by atoms with Crippen LogP contribution in [0, 0.1) is 0 Å². The average Bonchev–Trinajstić information content (AvgIpc) is 2.97. The molecule has 0 spiro atoms. The summed E-state index contributed by atoms with van der Waals surface area (Å²) in [5, 5.41) is 4.44. The molecule has 20 heavy (non-hydrogen) atoms. The summed E-state index contributed by atoms with van der Waals surface area (Å²) in [6.45, 7) is 0. The summed E-state index contributed by atoms with van der Waals surface area (Å²) in [5.74, 6) is 2.22. The first-order valence-corrected chi connectivity index (χ1v) is 7.22. The molecule has 1 heterocycles. The maximum Gasteiger partial charge on any atom is 0.169 e. The van der Waals surface area contributed by atoms with E-state index in [4.69, 9.17) is 9.47 Å². The quantitative estimate of drug-likeness (QED) is 0.837. The van der Waals surface area contributed by atoms with Gasteiger partial charge in [-0.3, -0.25) is 4.68 Å². The average molecular weight is 272 g/mol. The van der Waals surface area contributed by atoms with Crippen molar-refractivity contribution < 1.29 is 9.47 Å². The predicted octanol–water partition coefficient (Wildman–Crippen LogP) is 4.19. The second-order valence-electron chi connectivity index (χ2n) is 5.20. The van der Waals surface area contributed by atoms with Gasteiger partial charge in [-0.05, 0) is 25.0 Å². The molecule has 0 radical (unpaired) electrons. The van der Waals surface area contributed by atoms with Crippen molar-refractivity contribution in [2.45, 2.75) is 38.1 Å². The molecular formula is C16H20N2O2. The lowest BCUT2D eigenvalue weighted by atomic mass is 9.96. The van der Waals surface area contributed by atoms with E-state index < -0.39 is 0 Å². The van der Waals surface area contributed by atoms with Gasteiger partial charge in [0.2, 0.25) is 0 Å². The molecule has 1 aromatic heterocycles. The molecule has 1 fully saturated rings. The van der Waals surface area contributed by atoms with Crippen molar-refractivity contribution in [1.82, 2.24) is 9.78 Å². The molecule has 4 heteroatoms. The van der Waals surface area contributed by atoms with E-state index in [0.29, 0.717) is 6.04 Å². The van der Waals surface area contributed by atoms with Crippen molar-refractivity contribution in [2.75, 3.05) is 7.11 Å². The number of methoxy groups -OCH3 is 1. The lowest BCUT2D eigenvalue weighted by Crippen LogP contribution is -2.12. The third kappa shape index (κ3) is 2.79. The van der Waals surface area contributed by atoms with Crippen molar-refractivity contribution in [1.29, 1.82) is 0 Å². The molecule has 1 saturated carbocycles. The lowest BCUT2D eigenvalue weighted by molar-refractivity contribution is 0.328. The highest BCUT2D eigenvalue weighted by Gasteiger charge is 2.16. The highest BCUT2D eigenvalue weighted by molar-refractivity contribution is 5.41. The normalized spacial score (nSPS) is 16.1. The first-order chi connectivity index (χ1) is 9.86. The van der Waals surface area contributed by atoms with E-state index in [-0.39, 0.29) is 0 Å². The highest BCUT2D eigenvalue weighted by Crippen LogP contribution is 2.32. The van der Waals surface area contributed by atoms with Gasteiger partial charge in [0.1, 0.15) is 0 Å². The molecule has 106 valence electrons. The zero-order valence-corrected chi connectivity index (χ0v) is 11.8. The van der Waals surface area contributed by atoms with E-state index in [1.54, 1.807) is 13.3 Å². The second-order valence-corrected chi connectivity index (χ2v) is 5.20. The van der Waals surface area contributed by atoms with E-state index in [2.05, 4.69) is 5.10 Å². The first kappa shape index (κ1) is 13.0. The molecule has 1 aromatic carbocycles. The summed E-state index contributed by atoms with van der Waals surface area (Å²) in [7, 11) is 1.65. The maximum atomic E-state index is 5.86. The van der Waals surface area contributed by atoms with Crippen LogP contribution in [0.2, 0.25) is 0 Å². The molecule has 4 nitrogen and oxygen atoms in total. The number of hydrogen-bond donors (Lipinski definition) is 0. The molecule has 3 rings (SSSR count). The van der Waals surface area contributed by atoms with E-state index in [1.165, 1.54) is 32.1 Å². The number of aromatic nitrogens is 2. The molecule has 0 aliphatic heterocycles.